The predicted molar refractivity (Wildman–Crippen MR) is 107 cm³/mol. The number of nitrogens with one attached hydrogen (secondary N) is 2. The molecule has 25 heavy (non-hydrogen) atoms. The van der Waals surface area contributed by atoms with E-state index in [9.17, 15) is 0 Å². The molecule has 2 heterocycles. The molecule has 0 bridgehead atoms. The van der Waals surface area contributed by atoms with E-state index in [0.29, 0.717) is 0 Å². The standard InChI is InChI=1S/C20H28N4S/c1-16-9-13-25-19(16)14-23-20(21-2)22-10-5-11-24-12-8-17-6-3-4-7-18(17)15-24/h3-4,6-7,9,13H,5,8,10-12,14-15H2,1-2H3,(H2,21,22,23). The molecule has 0 fully saturated rings. The third-order valence-electron chi connectivity index (χ3n) is 4.76. The molecule has 0 radical (unpaired) electrons. The van der Waals surface area contributed by atoms with Crippen molar-refractivity contribution in [1.29, 1.82) is 0 Å². The van der Waals surface area contributed by atoms with E-state index in [1.165, 1.54) is 34.5 Å². The van der Waals surface area contributed by atoms with Crippen LogP contribution in [0.15, 0.2) is 40.7 Å². The molecule has 2 N–H and O–H groups in total. The summed E-state index contributed by atoms with van der Waals surface area (Å²) in [4.78, 5) is 8.24. The molecule has 1 aromatic heterocycles. The van der Waals surface area contributed by atoms with Gasteiger partial charge in [0.15, 0.2) is 5.96 Å². The van der Waals surface area contributed by atoms with Crippen LogP contribution in [0.5, 0.6) is 0 Å². The van der Waals surface area contributed by atoms with Gasteiger partial charge in [-0.25, -0.2) is 0 Å². The van der Waals surface area contributed by atoms with Crippen molar-refractivity contribution in [3.05, 3.63) is 57.3 Å². The molecular formula is C20H28N4S. The number of rotatable bonds is 6. The number of nitrogens with zero attached hydrogens (tertiary/aromatic N) is 2. The molecule has 1 aliphatic rings. The lowest BCUT2D eigenvalue weighted by atomic mass is 10.00. The van der Waals surface area contributed by atoms with Gasteiger partial charge in [-0.1, -0.05) is 24.3 Å². The average Bonchev–Trinajstić information content (AvgIpc) is 3.06. The van der Waals surface area contributed by atoms with Gasteiger partial charge in [0.25, 0.3) is 0 Å². The van der Waals surface area contributed by atoms with E-state index in [1.54, 1.807) is 11.3 Å². The zero-order valence-corrected chi connectivity index (χ0v) is 16.0. The van der Waals surface area contributed by atoms with Crippen LogP contribution in [0.2, 0.25) is 0 Å². The first-order chi connectivity index (χ1) is 12.3. The summed E-state index contributed by atoms with van der Waals surface area (Å²) in [5.74, 6) is 0.886. The van der Waals surface area contributed by atoms with Gasteiger partial charge in [-0.15, -0.1) is 11.3 Å². The van der Waals surface area contributed by atoms with Crippen molar-refractivity contribution >= 4 is 17.3 Å². The summed E-state index contributed by atoms with van der Waals surface area (Å²) in [6, 6.07) is 11.0. The first kappa shape index (κ1) is 18.0. The molecule has 5 heteroatoms. The summed E-state index contributed by atoms with van der Waals surface area (Å²) >= 11 is 1.79. The fourth-order valence-corrected chi connectivity index (χ4v) is 4.07. The van der Waals surface area contributed by atoms with E-state index in [1.807, 2.05) is 7.05 Å². The Kier molecular flexibility index (Phi) is 6.48. The van der Waals surface area contributed by atoms with Crippen molar-refractivity contribution in [2.45, 2.75) is 32.9 Å². The summed E-state index contributed by atoms with van der Waals surface area (Å²) in [7, 11) is 1.83. The monoisotopic (exact) mass is 356 g/mol. The zero-order chi connectivity index (χ0) is 17.5. The zero-order valence-electron chi connectivity index (χ0n) is 15.2. The maximum Gasteiger partial charge on any atom is 0.191 e. The van der Waals surface area contributed by atoms with E-state index in [2.05, 4.69) is 63.2 Å². The van der Waals surface area contributed by atoms with Crippen LogP contribution in [-0.4, -0.2) is 37.5 Å². The van der Waals surface area contributed by atoms with Crippen LogP contribution < -0.4 is 10.6 Å². The van der Waals surface area contributed by atoms with Crippen molar-refractivity contribution in [3.8, 4) is 0 Å². The number of fused-ring (bicyclic) bond motifs is 1. The Morgan fingerprint density at radius 3 is 2.80 bits per heavy atom. The van der Waals surface area contributed by atoms with Crippen LogP contribution in [0, 0.1) is 6.92 Å². The van der Waals surface area contributed by atoms with Gasteiger partial charge in [0.1, 0.15) is 0 Å². The third kappa shape index (κ3) is 5.06. The molecule has 4 nitrogen and oxygen atoms in total. The fraction of sp³-hybridized carbons (Fsp3) is 0.450. The Hall–Kier alpha value is -1.85. The lowest BCUT2D eigenvalue weighted by Crippen LogP contribution is -2.39. The van der Waals surface area contributed by atoms with Gasteiger partial charge in [0.05, 0.1) is 6.54 Å². The number of thiophene rings is 1. The highest BCUT2D eigenvalue weighted by molar-refractivity contribution is 7.10. The second kappa shape index (κ2) is 9.02. The van der Waals surface area contributed by atoms with Gasteiger partial charge in [0.2, 0.25) is 0 Å². The fourth-order valence-electron chi connectivity index (χ4n) is 3.22. The van der Waals surface area contributed by atoms with E-state index in [-0.39, 0.29) is 0 Å². The van der Waals surface area contributed by atoms with Crippen molar-refractivity contribution in [3.63, 3.8) is 0 Å². The summed E-state index contributed by atoms with van der Waals surface area (Å²) < 4.78 is 0. The molecule has 0 saturated heterocycles. The normalized spacial score (nSPS) is 15.0. The molecule has 134 valence electrons. The Morgan fingerprint density at radius 2 is 2.04 bits per heavy atom. The largest absolute Gasteiger partial charge is 0.356 e. The minimum absolute atomic E-state index is 0.839. The van der Waals surface area contributed by atoms with Crippen LogP contribution in [0.3, 0.4) is 0 Å². The average molecular weight is 357 g/mol. The Morgan fingerprint density at radius 1 is 1.20 bits per heavy atom. The Bertz CT molecular complexity index is 707. The van der Waals surface area contributed by atoms with Crippen LogP contribution in [0.4, 0.5) is 0 Å². The van der Waals surface area contributed by atoms with E-state index >= 15 is 0 Å². The molecule has 0 saturated carbocycles. The molecule has 3 rings (SSSR count). The molecule has 0 atom stereocenters. The van der Waals surface area contributed by atoms with Crippen LogP contribution in [0.1, 0.15) is 28.0 Å². The minimum atomic E-state index is 0.839. The Balaban J connectivity index is 1.36. The third-order valence-corrected chi connectivity index (χ3v) is 5.78. The number of aliphatic imine (C=N–C) groups is 1. The molecule has 0 spiro atoms. The van der Waals surface area contributed by atoms with Gasteiger partial charge in [-0.3, -0.25) is 9.89 Å². The second-order valence-corrected chi connectivity index (χ2v) is 7.53. The molecule has 0 aliphatic carbocycles. The van der Waals surface area contributed by atoms with Gasteiger partial charge in [0, 0.05) is 38.1 Å². The van der Waals surface area contributed by atoms with Gasteiger partial charge >= 0.3 is 0 Å². The van der Waals surface area contributed by atoms with Crippen molar-refractivity contribution in [2.75, 3.05) is 26.7 Å². The Labute approximate surface area is 155 Å². The molecule has 1 aliphatic heterocycles. The highest BCUT2D eigenvalue weighted by atomic mass is 32.1. The van der Waals surface area contributed by atoms with Crippen molar-refractivity contribution in [2.24, 2.45) is 4.99 Å². The summed E-state index contributed by atoms with van der Waals surface area (Å²) in [6.45, 7) is 7.32. The quantitative estimate of drug-likeness (QED) is 0.474. The molecule has 1 aromatic carbocycles. The van der Waals surface area contributed by atoms with E-state index in [0.717, 1.165) is 38.6 Å². The predicted octanol–water partition coefficient (Wildman–Crippen LogP) is 3.17. The maximum absolute atomic E-state index is 4.32. The molecule has 0 unspecified atom stereocenters. The van der Waals surface area contributed by atoms with E-state index < -0.39 is 0 Å². The SMILES string of the molecule is CN=C(NCCCN1CCc2ccccc2C1)NCc1sccc1C. The maximum atomic E-state index is 4.32. The van der Waals surface area contributed by atoms with Crippen LogP contribution in [-0.2, 0) is 19.5 Å². The van der Waals surface area contributed by atoms with Crippen molar-refractivity contribution < 1.29 is 0 Å². The lowest BCUT2D eigenvalue weighted by molar-refractivity contribution is 0.251. The first-order valence-electron chi connectivity index (χ1n) is 9.03. The van der Waals surface area contributed by atoms with Gasteiger partial charge < -0.3 is 10.6 Å². The van der Waals surface area contributed by atoms with Crippen LogP contribution >= 0.6 is 11.3 Å². The molecular weight excluding hydrogens is 328 g/mol. The topological polar surface area (TPSA) is 39.7 Å². The van der Waals surface area contributed by atoms with Crippen LogP contribution in [0.25, 0.3) is 0 Å². The first-order valence-corrected chi connectivity index (χ1v) is 9.91. The molecule has 2 aromatic rings. The van der Waals surface area contributed by atoms with Gasteiger partial charge in [-0.2, -0.15) is 0 Å². The van der Waals surface area contributed by atoms with E-state index in [4.69, 9.17) is 0 Å². The number of guanidine groups is 1. The summed E-state index contributed by atoms with van der Waals surface area (Å²) in [5.41, 5.74) is 4.36. The lowest BCUT2D eigenvalue weighted by Gasteiger charge is -2.28. The highest BCUT2D eigenvalue weighted by Gasteiger charge is 2.14. The number of hydrogen-bond acceptors (Lipinski definition) is 3. The van der Waals surface area contributed by atoms with Crippen molar-refractivity contribution in [1.82, 2.24) is 15.5 Å². The van der Waals surface area contributed by atoms with Gasteiger partial charge in [-0.05, 0) is 47.9 Å². The minimum Gasteiger partial charge on any atom is -0.356 e. The second-order valence-electron chi connectivity index (χ2n) is 6.53. The summed E-state index contributed by atoms with van der Waals surface area (Å²) in [6.07, 6.45) is 2.30. The molecule has 0 amide bonds. The summed E-state index contributed by atoms with van der Waals surface area (Å²) in [5, 5.41) is 8.96. The highest BCUT2D eigenvalue weighted by Crippen LogP contribution is 2.18. The number of benzene rings is 1. The number of aryl methyl sites for hydroxylation is 1. The number of hydrogen-bond donors (Lipinski definition) is 2. The smallest absolute Gasteiger partial charge is 0.191 e.